The highest BCUT2D eigenvalue weighted by molar-refractivity contribution is 7.89. The maximum absolute atomic E-state index is 12.8. The molecule has 132 valence electrons. The fourth-order valence-corrected chi connectivity index (χ4v) is 4.28. The SMILES string of the molecule is CC(NS(=O)(=O)c1ccc(Cl)cc1)C(=O)N1CCCc2ccccc21. The van der Waals surface area contributed by atoms with Crippen molar-refractivity contribution in [2.45, 2.75) is 30.7 Å². The van der Waals surface area contributed by atoms with Crippen molar-refractivity contribution in [2.24, 2.45) is 0 Å². The van der Waals surface area contributed by atoms with E-state index in [9.17, 15) is 13.2 Å². The molecule has 5 nitrogen and oxygen atoms in total. The van der Waals surface area contributed by atoms with E-state index in [1.54, 1.807) is 11.8 Å². The van der Waals surface area contributed by atoms with Crippen LogP contribution in [-0.4, -0.2) is 26.9 Å². The number of amides is 1. The number of nitrogens with one attached hydrogen (secondary N) is 1. The van der Waals surface area contributed by atoms with Gasteiger partial charge in [-0.1, -0.05) is 29.8 Å². The molecular formula is C18H19ClN2O3S. The second kappa shape index (κ2) is 7.15. The van der Waals surface area contributed by atoms with E-state index in [2.05, 4.69) is 4.72 Å². The van der Waals surface area contributed by atoms with Gasteiger partial charge in [0.05, 0.1) is 10.9 Å². The summed E-state index contributed by atoms with van der Waals surface area (Å²) in [4.78, 5) is 14.5. The average Bonchev–Trinajstić information content (AvgIpc) is 2.60. The molecule has 1 atom stereocenters. The lowest BCUT2D eigenvalue weighted by Gasteiger charge is -2.31. The lowest BCUT2D eigenvalue weighted by molar-refractivity contribution is -0.119. The molecule has 2 aromatic carbocycles. The Morgan fingerprint density at radius 2 is 1.84 bits per heavy atom. The van der Waals surface area contributed by atoms with Crippen LogP contribution in [0.2, 0.25) is 5.02 Å². The zero-order valence-corrected chi connectivity index (χ0v) is 15.3. The van der Waals surface area contributed by atoms with E-state index in [1.165, 1.54) is 24.3 Å². The Morgan fingerprint density at radius 3 is 2.56 bits per heavy atom. The minimum atomic E-state index is -3.79. The zero-order valence-electron chi connectivity index (χ0n) is 13.8. The molecule has 0 spiro atoms. The van der Waals surface area contributed by atoms with Gasteiger partial charge in [-0.3, -0.25) is 4.79 Å². The van der Waals surface area contributed by atoms with Gasteiger partial charge in [-0.05, 0) is 55.7 Å². The standard InChI is InChI=1S/C18H19ClN2O3S/c1-13(20-25(23,24)16-10-8-15(19)9-11-16)18(22)21-12-4-6-14-5-2-3-7-17(14)21/h2-3,5,7-11,13,20H,4,6,12H2,1H3. The largest absolute Gasteiger partial charge is 0.311 e. The molecular weight excluding hydrogens is 360 g/mol. The van der Waals surface area contributed by atoms with Gasteiger partial charge >= 0.3 is 0 Å². The second-order valence-corrected chi connectivity index (χ2v) is 8.17. The third kappa shape index (κ3) is 3.86. The van der Waals surface area contributed by atoms with Crippen LogP contribution in [0.15, 0.2) is 53.4 Å². The van der Waals surface area contributed by atoms with E-state index in [4.69, 9.17) is 11.6 Å². The maximum atomic E-state index is 12.8. The number of anilines is 1. The molecule has 25 heavy (non-hydrogen) atoms. The molecule has 1 heterocycles. The van der Waals surface area contributed by atoms with Crippen LogP contribution in [0.3, 0.4) is 0 Å². The van der Waals surface area contributed by atoms with Crippen LogP contribution in [-0.2, 0) is 21.2 Å². The topological polar surface area (TPSA) is 66.5 Å². The molecule has 1 unspecified atom stereocenters. The van der Waals surface area contributed by atoms with E-state index in [0.717, 1.165) is 24.1 Å². The second-order valence-electron chi connectivity index (χ2n) is 6.02. The van der Waals surface area contributed by atoms with Gasteiger partial charge in [-0.25, -0.2) is 8.42 Å². The molecule has 0 saturated carbocycles. The third-order valence-corrected chi connectivity index (χ3v) is 6.01. The molecule has 0 aromatic heterocycles. The summed E-state index contributed by atoms with van der Waals surface area (Å²) in [6.07, 6.45) is 1.78. The van der Waals surface area contributed by atoms with Crippen molar-refractivity contribution in [1.29, 1.82) is 0 Å². The first-order chi connectivity index (χ1) is 11.9. The van der Waals surface area contributed by atoms with Crippen molar-refractivity contribution < 1.29 is 13.2 Å². The molecule has 0 aliphatic carbocycles. The zero-order chi connectivity index (χ0) is 18.0. The number of sulfonamides is 1. The van der Waals surface area contributed by atoms with Crippen LogP contribution in [0.25, 0.3) is 0 Å². The molecule has 1 aliphatic heterocycles. The van der Waals surface area contributed by atoms with E-state index >= 15 is 0 Å². The summed E-state index contributed by atoms with van der Waals surface area (Å²) in [6, 6.07) is 12.7. The predicted octanol–water partition coefficient (Wildman–Crippen LogP) is 2.99. The van der Waals surface area contributed by atoms with Crippen LogP contribution in [0.5, 0.6) is 0 Å². The summed E-state index contributed by atoms with van der Waals surface area (Å²) < 4.78 is 27.4. The van der Waals surface area contributed by atoms with E-state index in [1.807, 2.05) is 24.3 Å². The van der Waals surface area contributed by atoms with Crippen molar-refractivity contribution in [3.05, 3.63) is 59.1 Å². The molecule has 1 aliphatic rings. The quantitative estimate of drug-likeness (QED) is 0.889. The summed E-state index contributed by atoms with van der Waals surface area (Å²) in [7, 11) is -3.79. The molecule has 7 heteroatoms. The van der Waals surface area contributed by atoms with Gasteiger partial charge in [0.2, 0.25) is 15.9 Å². The monoisotopic (exact) mass is 378 g/mol. The fourth-order valence-electron chi connectivity index (χ4n) is 2.96. The lowest BCUT2D eigenvalue weighted by Crippen LogP contribution is -2.48. The molecule has 0 radical (unpaired) electrons. The van der Waals surface area contributed by atoms with Gasteiger partial charge in [0.25, 0.3) is 0 Å². The van der Waals surface area contributed by atoms with Crippen molar-refractivity contribution >= 4 is 33.2 Å². The van der Waals surface area contributed by atoms with Gasteiger partial charge in [-0.15, -0.1) is 0 Å². The van der Waals surface area contributed by atoms with Crippen LogP contribution in [0.4, 0.5) is 5.69 Å². The van der Waals surface area contributed by atoms with Gasteiger partial charge in [0.1, 0.15) is 0 Å². The number of carbonyl (C=O) groups is 1. The first-order valence-corrected chi connectivity index (χ1v) is 9.92. The smallest absolute Gasteiger partial charge is 0.244 e. The van der Waals surface area contributed by atoms with Crippen molar-refractivity contribution in [1.82, 2.24) is 4.72 Å². The number of nitrogens with zero attached hydrogens (tertiary/aromatic N) is 1. The van der Waals surface area contributed by atoms with Crippen molar-refractivity contribution in [2.75, 3.05) is 11.4 Å². The first kappa shape index (κ1) is 17.9. The molecule has 2 aromatic rings. The number of carbonyl (C=O) groups excluding carboxylic acids is 1. The number of rotatable bonds is 4. The Kier molecular flexibility index (Phi) is 5.13. The molecule has 0 bridgehead atoms. The normalized spacial score (nSPS) is 15.5. The highest BCUT2D eigenvalue weighted by Crippen LogP contribution is 2.27. The van der Waals surface area contributed by atoms with E-state index in [-0.39, 0.29) is 10.8 Å². The molecule has 1 amide bonds. The molecule has 0 saturated heterocycles. The highest BCUT2D eigenvalue weighted by atomic mass is 35.5. The van der Waals surface area contributed by atoms with Gasteiger partial charge < -0.3 is 4.90 Å². The Bertz CT molecular complexity index is 881. The summed E-state index contributed by atoms with van der Waals surface area (Å²) in [5, 5.41) is 0.452. The summed E-state index contributed by atoms with van der Waals surface area (Å²) in [6.45, 7) is 2.15. The predicted molar refractivity (Wildman–Crippen MR) is 98.4 cm³/mol. The number of para-hydroxylation sites is 1. The molecule has 1 N–H and O–H groups in total. The van der Waals surface area contributed by atoms with Crippen molar-refractivity contribution in [3.63, 3.8) is 0 Å². The minimum Gasteiger partial charge on any atom is -0.311 e. The van der Waals surface area contributed by atoms with E-state index < -0.39 is 16.1 Å². The Labute approximate surface area is 152 Å². The molecule has 0 fully saturated rings. The van der Waals surface area contributed by atoms with E-state index in [0.29, 0.717) is 11.6 Å². The summed E-state index contributed by atoms with van der Waals surface area (Å²) in [5.74, 6) is -0.260. The number of aryl methyl sites for hydroxylation is 1. The van der Waals surface area contributed by atoms with Gasteiger partial charge in [0, 0.05) is 17.3 Å². The fraction of sp³-hybridized carbons (Fsp3) is 0.278. The number of halogens is 1. The number of hydrogen-bond donors (Lipinski definition) is 1. The lowest BCUT2D eigenvalue weighted by atomic mass is 10.0. The Balaban J connectivity index is 1.78. The third-order valence-electron chi connectivity index (χ3n) is 4.20. The molecule has 3 rings (SSSR count). The van der Waals surface area contributed by atoms with Crippen LogP contribution >= 0.6 is 11.6 Å². The highest BCUT2D eigenvalue weighted by Gasteiger charge is 2.29. The Morgan fingerprint density at radius 1 is 1.16 bits per heavy atom. The van der Waals surface area contributed by atoms with Crippen LogP contribution < -0.4 is 9.62 Å². The van der Waals surface area contributed by atoms with Gasteiger partial charge in [-0.2, -0.15) is 4.72 Å². The van der Waals surface area contributed by atoms with Crippen LogP contribution in [0.1, 0.15) is 18.9 Å². The van der Waals surface area contributed by atoms with Crippen molar-refractivity contribution in [3.8, 4) is 0 Å². The number of benzene rings is 2. The first-order valence-electron chi connectivity index (χ1n) is 8.06. The maximum Gasteiger partial charge on any atom is 0.244 e. The summed E-state index contributed by atoms with van der Waals surface area (Å²) >= 11 is 5.79. The Hall–Kier alpha value is -1.89. The number of fused-ring (bicyclic) bond motifs is 1. The minimum absolute atomic E-state index is 0.0793. The number of hydrogen-bond acceptors (Lipinski definition) is 3. The average molecular weight is 379 g/mol. The van der Waals surface area contributed by atoms with Crippen LogP contribution in [0, 0.1) is 0 Å². The van der Waals surface area contributed by atoms with Gasteiger partial charge in [0.15, 0.2) is 0 Å². The summed E-state index contributed by atoms with van der Waals surface area (Å²) in [5.41, 5.74) is 1.96.